The number of ether oxygens (including phenoxy) is 2. The number of hydrogen-bond acceptors (Lipinski definition) is 4. The second-order valence-corrected chi connectivity index (χ2v) is 5.26. The molecule has 0 radical (unpaired) electrons. The van der Waals surface area contributed by atoms with Crippen LogP contribution in [0.3, 0.4) is 0 Å². The number of carboxylic acid groups (broad SMARTS) is 1. The summed E-state index contributed by atoms with van der Waals surface area (Å²) < 4.78 is 11.0. The summed E-state index contributed by atoms with van der Waals surface area (Å²) in [4.78, 5) is 23.9. The van der Waals surface area contributed by atoms with E-state index in [1.807, 2.05) is 13.0 Å². The first-order valence-electron chi connectivity index (χ1n) is 7.21. The molecule has 2 bridgehead atoms. The summed E-state index contributed by atoms with van der Waals surface area (Å²) in [5.74, 6) is -2.41. The largest absolute Gasteiger partial charge is 0.492 e. The van der Waals surface area contributed by atoms with Gasteiger partial charge in [0.25, 0.3) is 0 Å². The van der Waals surface area contributed by atoms with Crippen molar-refractivity contribution in [2.45, 2.75) is 19.1 Å². The minimum Gasteiger partial charge on any atom is -0.492 e. The number of benzene rings is 1. The van der Waals surface area contributed by atoms with Crippen LogP contribution >= 0.6 is 0 Å². The van der Waals surface area contributed by atoms with Crippen LogP contribution in [0.25, 0.3) is 0 Å². The van der Waals surface area contributed by atoms with Crippen molar-refractivity contribution in [1.29, 1.82) is 0 Å². The Morgan fingerprint density at radius 1 is 1.23 bits per heavy atom. The van der Waals surface area contributed by atoms with Gasteiger partial charge in [0.1, 0.15) is 11.7 Å². The maximum Gasteiger partial charge on any atom is 0.310 e. The average molecular weight is 303 g/mol. The van der Waals surface area contributed by atoms with Gasteiger partial charge in [0.05, 0.1) is 30.4 Å². The fourth-order valence-electron chi connectivity index (χ4n) is 2.98. The van der Waals surface area contributed by atoms with E-state index in [9.17, 15) is 14.7 Å². The van der Waals surface area contributed by atoms with Crippen LogP contribution in [0.5, 0.6) is 5.75 Å². The van der Waals surface area contributed by atoms with Crippen molar-refractivity contribution in [2.75, 3.05) is 11.9 Å². The molecule has 0 aliphatic carbocycles. The molecular weight excluding hydrogens is 286 g/mol. The number of hydrogen-bond donors (Lipinski definition) is 2. The van der Waals surface area contributed by atoms with Gasteiger partial charge in [0.2, 0.25) is 5.91 Å². The lowest BCUT2D eigenvalue weighted by molar-refractivity contribution is -0.145. The first kappa shape index (κ1) is 14.6. The number of amides is 1. The van der Waals surface area contributed by atoms with Crippen molar-refractivity contribution in [3.8, 4) is 5.75 Å². The molecule has 0 aromatic heterocycles. The topological polar surface area (TPSA) is 84.9 Å². The number of carbonyl (C=O) groups excluding carboxylic acids is 1. The molecule has 1 amide bonds. The average Bonchev–Trinajstić information content (AvgIpc) is 3.10. The van der Waals surface area contributed by atoms with Crippen molar-refractivity contribution in [3.05, 3.63) is 36.4 Å². The van der Waals surface area contributed by atoms with Gasteiger partial charge in [0.15, 0.2) is 0 Å². The number of anilines is 1. The molecular formula is C16H17NO5. The minimum absolute atomic E-state index is 0.364. The Kier molecular flexibility index (Phi) is 3.85. The third-order valence-electron chi connectivity index (χ3n) is 3.93. The lowest BCUT2D eigenvalue weighted by Crippen LogP contribution is -2.39. The highest BCUT2D eigenvalue weighted by atomic mass is 16.5. The van der Waals surface area contributed by atoms with Gasteiger partial charge >= 0.3 is 5.97 Å². The van der Waals surface area contributed by atoms with Gasteiger partial charge in [-0.2, -0.15) is 0 Å². The molecule has 3 rings (SSSR count). The van der Waals surface area contributed by atoms with Gasteiger partial charge in [-0.3, -0.25) is 9.59 Å². The zero-order chi connectivity index (χ0) is 15.7. The van der Waals surface area contributed by atoms with Gasteiger partial charge in [-0.15, -0.1) is 0 Å². The third-order valence-corrected chi connectivity index (χ3v) is 3.93. The van der Waals surface area contributed by atoms with Crippen molar-refractivity contribution in [2.24, 2.45) is 11.8 Å². The Labute approximate surface area is 127 Å². The molecule has 0 unspecified atom stereocenters. The lowest BCUT2D eigenvalue weighted by atomic mass is 9.82. The fourth-order valence-corrected chi connectivity index (χ4v) is 2.98. The lowest BCUT2D eigenvalue weighted by Gasteiger charge is -2.21. The van der Waals surface area contributed by atoms with Gasteiger partial charge in [-0.1, -0.05) is 24.3 Å². The second kappa shape index (κ2) is 5.81. The molecule has 6 heteroatoms. The number of aliphatic carboxylic acids is 1. The summed E-state index contributed by atoms with van der Waals surface area (Å²) in [6, 6.07) is 7.07. The SMILES string of the molecule is CCOc1ccccc1NC(=O)[C@@H]1[C@@H](C(=O)O)[C@@H]2C=C[C@@H]1O2. The van der Waals surface area contributed by atoms with Crippen LogP contribution in [0.2, 0.25) is 0 Å². The van der Waals surface area contributed by atoms with Crippen LogP contribution in [0.4, 0.5) is 5.69 Å². The van der Waals surface area contributed by atoms with E-state index in [2.05, 4.69) is 5.32 Å². The number of nitrogens with one attached hydrogen (secondary N) is 1. The summed E-state index contributed by atoms with van der Waals surface area (Å²) in [6.07, 6.45) is 2.45. The summed E-state index contributed by atoms with van der Waals surface area (Å²) in [5.41, 5.74) is 0.533. The predicted molar refractivity (Wildman–Crippen MR) is 78.7 cm³/mol. The van der Waals surface area contributed by atoms with Crippen LogP contribution in [-0.4, -0.2) is 35.8 Å². The highest BCUT2D eigenvalue weighted by molar-refractivity contribution is 5.97. The molecule has 1 aromatic carbocycles. The zero-order valence-corrected chi connectivity index (χ0v) is 12.1. The quantitative estimate of drug-likeness (QED) is 0.808. The zero-order valence-electron chi connectivity index (χ0n) is 12.1. The summed E-state index contributed by atoms with van der Waals surface area (Å²) >= 11 is 0. The van der Waals surface area contributed by atoms with Crippen LogP contribution in [0.15, 0.2) is 36.4 Å². The van der Waals surface area contributed by atoms with Crippen LogP contribution in [-0.2, 0) is 14.3 Å². The Morgan fingerprint density at radius 3 is 2.59 bits per heavy atom. The molecule has 2 heterocycles. The third kappa shape index (κ3) is 2.46. The van der Waals surface area contributed by atoms with Crippen LogP contribution in [0.1, 0.15) is 6.92 Å². The molecule has 0 saturated carbocycles. The fraction of sp³-hybridized carbons (Fsp3) is 0.375. The molecule has 2 aliphatic rings. The normalized spacial score (nSPS) is 28.6. The maximum atomic E-state index is 12.5. The highest BCUT2D eigenvalue weighted by Gasteiger charge is 2.53. The smallest absolute Gasteiger partial charge is 0.310 e. The Morgan fingerprint density at radius 2 is 1.91 bits per heavy atom. The van der Waals surface area contributed by atoms with E-state index in [0.29, 0.717) is 18.0 Å². The molecule has 6 nitrogen and oxygen atoms in total. The minimum atomic E-state index is -1.02. The van der Waals surface area contributed by atoms with Gasteiger partial charge in [-0.25, -0.2) is 0 Å². The Hall–Kier alpha value is -2.34. The molecule has 22 heavy (non-hydrogen) atoms. The van der Waals surface area contributed by atoms with Gasteiger partial charge in [0, 0.05) is 0 Å². The first-order valence-corrected chi connectivity index (χ1v) is 7.21. The van der Waals surface area contributed by atoms with Crippen LogP contribution in [0, 0.1) is 11.8 Å². The van der Waals surface area contributed by atoms with Crippen molar-refractivity contribution < 1.29 is 24.2 Å². The summed E-state index contributed by atoms with van der Waals surface area (Å²) in [7, 11) is 0. The van der Waals surface area contributed by atoms with E-state index in [0.717, 1.165) is 0 Å². The van der Waals surface area contributed by atoms with E-state index in [1.165, 1.54) is 0 Å². The van der Waals surface area contributed by atoms with Gasteiger partial charge in [-0.05, 0) is 19.1 Å². The van der Waals surface area contributed by atoms with E-state index in [4.69, 9.17) is 9.47 Å². The standard InChI is InChI=1S/C16H17NO5/c1-2-21-10-6-4-3-5-9(10)17-15(18)13-11-7-8-12(22-11)14(13)16(19)20/h3-8,11-14H,2H2,1H3,(H,17,18)(H,19,20)/t11-,12-,13-,14-/m0/s1. The molecule has 2 N–H and O–H groups in total. The van der Waals surface area contributed by atoms with E-state index < -0.39 is 30.0 Å². The molecule has 4 atom stereocenters. The first-order chi connectivity index (χ1) is 10.6. The highest BCUT2D eigenvalue weighted by Crippen LogP contribution is 2.40. The maximum absolute atomic E-state index is 12.5. The molecule has 1 saturated heterocycles. The second-order valence-electron chi connectivity index (χ2n) is 5.26. The summed E-state index contributed by atoms with van der Waals surface area (Å²) in [5, 5.41) is 12.1. The van der Waals surface area contributed by atoms with Crippen molar-refractivity contribution in [3.63, 3.8) is 0 Å². The predicted octanol–water partition coefficient (Wildman–Crippen LogP) is 1.68. The summed E-state index contributed by atoms with van der Waals surface area (Å²) in [6.45, 7) is 2.33. The van der Waals surface area contributed by atoms with Crippen LogP contribution < -0.4 is 10.1 Å². The number of rotatable bonds is 5. The molecule has 1 fully saturated rings. The van der Waals surface area contributed by atoms with E-state index in [-0.39, 0.29) is 5.91 Å². The Bertz CT molecular complexity index is 627. The molecule has 116 valence electrons. The van der Waals surface area contributed by atoms with Crippen molar-refractivity contribution in [1.82, 2.24) is 0 Å². The molecule has 1 aromatic rings. The monoisotopic (exact) mass is 303 g/mol. The van der Waals surface area contributed by atoms with Crippen molar-refractivity contribution >= 4 is 17.6 Å². The molecule has 2 aliphatic heterocycles. The van der Waals surface area contributed by atoms with E-state index in [1.54, 1.807) is 30.4 Å². The Balaban J connectivity index is 1.80. The van der Waals surface area contributed by atoms with E-state index >= 15 is 0 Å². The number of fused-ring (bicyclic) bond motifs is 2. The number of carbonyl (C=O) groups is 2. The number of para-hydroxylation sites is 2. The molecule has 0 spiro atoms. The number of carboxylic acids is 1. The van der Waals surface area contributed by atoms with Gasteiger partial charge < -0.3 is 19.9 Å².